The summed E-state index contributed by atoms with van der Waals surface area (Å²) in [4.78, 5) is 30.8. The fourth-order valence-electron chi connectivity index (χ4n) is 8.10. The minimum atomic E-state index is -0.496. The second-order valence-corrected chi connectivity index (χ2v) is 13.1. The maximum Gasteiger partial charge on any atom is 0.240 e. The van der Waals surface area contributed by atoms with Gasteiger partial charge >= 0.3 is 0 Å². The monoisotopic (exact) mass is 594 g/mol. The van der Waals surface area contributed by atoms with Crippen molar-refractivity contribution in [2.24, 2.45) is 17.6 Å². The van der Waals surface area contributed by atoms with Gasteiger partial charge in [-0.1, -0.05) is 86.6 Å². The van der Waals surface area contributed by atoms with Crippen LogP contribution in [0.4, 0.5) is 0 Å². The lowest BCUT2D eigenvalue weighted by atomic mass is 9.66. The van der Waals surface area contributed by atoms with Crippen LogP contribution in [0.3, 0.4) is 0 Å². The third-order valence-electron chi connectivity index (χ3n) is 10.3. The number of piperidine rings is 3. The van der Waals surface area contributed by atoms with Crippen LogP contribution in [0.5, 0.6) is 5.75 Å². The van der Waals surface area contributed by atoms with Crippen molar-refractivity contribution < 1.29 is 14.3 Å². The summed E-state index contributed by atoms with van der Waals surface area (Å²) in [5, 5.41) is 4.01. The van der Waals surface area contributed by atoms with Gasteiger partial charge in [-0.2, -0.15) is 0 Å². The Morgan fingerprint density at radius 3 is 2.23 bits per heavy atom. The molecule has 6 atom stereocenters. The van der Waals surface area contributed by atoms with Crippen molar-refractivity contribution in [1.82, 2.24) is 15.1 Å². The summed E-state index contributed by atoms with van der Waals surface area (Å²) in [7, 11) is 1.73. The zero-order valence-corrected chi connectivity index (χ0v) is 26.2. The van der Waals surface area contributed by atoms with E-state index in [2.05, 4.69) is 103 Å². The molecule has 0 saturated carbocycles. The molecule has 4 aliphatic heterocycles. The molecule has 6 unspecified atom stereocenters. The quantitative estimate of drug-likeness (QED) is 0.349. The van der Waals surface area contributed by atoms with Crippen molar-refractivity contribution in [1.29, 1.82) is 0 Å². The molecule has 0 aliphatic carbocycles. The number of nitrogens with one attached hydrogen (secondary N) is 1. The highest BCUT2D eigenvalue weighted by atomic mass is 16.5. The lowest BCUT2D eigenvalue weighted by molar-refractivity contribution is -0.149. The van der Waals surface area contributed by atoms with E-state index < -0.39 is 11.9 Å². The molecule has 3 N–H and O–H groups in total. The molecule has 0 spiro atoms. The molecular formula is C37H46N4O3. The molecule has 4 heterocycles. The molecule has 0 aromatic heterocycles. The van der Waals surface area contributed by atoms with Crippen molar-refractivity contribution in [3.8, 4) is 5.75 Å². The summed E-state index contributed by atoms with van der Waals surface area (Å²) in [6, 6.07) is 27.7. The van der Waals surface area contributed by atoms with Gasteiger partial charge in [0.1, 0.15) is 11.8 Å². The number of likely N-dealkylation sites (tertiary alicyclic amines) is 1. The first-order chi connectivity index (χ1) is 21.4. The van der Waals surface area contributed by atoms with Crippen LogP contribution in [0.15, 0.2) is 78.9 Å². The van der Waals surface area contributed by atoms with Crippen LogP contribution in [0.1, 0.15) is 67.2 Å². The van der Waals surface area contributed by atoms with Crippen LogP contribution in [-0.2, 0) is 16.1 Å². The predicted octanol–water partition coefficient (Wildman–Crippen LogP) is 4.91. The number of ether oxygens (including phenoxy) is 1. The van der Waals surface area contributed by atoms with Gasteiger partial charge in [0.15, 0.2) is 0 Å². The highest BCUT2D eigenvalue weighted by Gasteiger charge is 2.53. The van der Waals surface area contributed by atoms with E-state index in [0.29, 0.717) is 32.0 Å². The Labute approximate surface area is 261 Å². The van der Waals surface area contributed by atoms with Crippen molar-refractivity contribution in [2.45, 2.75) is 69.6 Å². The van der Waals surface area contributed by atoms with Gasteiger partial charge < -0.3 is 20.7 Å². The first kappa shape index (κ1) is 30.4. The predicted molar refractivity (Wildman–Crippen MR) is 173 cm³/mol. The maximum atomic E-state index is 14.2. The van der Waals surface area contributed by atoms with Crippen LogP contribution in [-0.4, -0.2) is 66.5 Å². The molecule has 7 rings (SSSR count). The van der Waals surface area contributed by atoms with E-state index in [0.717, 1.165) is 30.7 Å². The lowest BCUT2D eigenvalue weighted by Gasteiger charge is -2.57. The SMILES string of the molecule is COc1ccc(C(C)C)cc1CNC1C2CCN(CC2C(=O)N2CCCC2C(N)=O)C1C(c1ccccc1)c1ccccc1. The van der Waals surface area contributed by atoms with E-state index in [4.69, 9.17) is 10.5 Å². The number of carbonyl (C=O) groups excluding carboxylic acids is 2. The van der Waals surface area contributed by atoms with Crippen molar-refractivity contribution in [3.63, 3.8) is 0 Å². The van der Waals surface area contributed by atoms with E-state index in [1.807, 2.05) is 0 Å². The van der Waals surface area contributed by atoms with Gasteiger partial charge in [-0.05, 0) is 60.4 Å². The number of amides is 2. The third kappa shape index (κ3) is 5.87. The fourth-order valence-corrected chi connectivity index (χ4v) is 8.10. The Morgan fingerprint density at radius 2 is 1.61 bits per heavy atom. The molecule has 4 fully saturated rings. The lowest BCUT2D eigenvalue weighted by Crippen LogP contribution is -2.69. The van der Waals surface area contributed by atoms with Gasteiger partial charge in [0, 0.05) is 43.2 Å². The average molecular weight is 595 g/mol. The summed E-state index contributed by atoms with van der Waals surface area (Å²) in [6.07, 6.45) is 2.41. The topological polar surface area (TPSA) is 87.9 Å². The Hall–Kier alpha value is -3.68. The van der Waals surface area contributed by atoms with E-state index in [-0.39, 0.29) is 35.7 Å². The molecular weight excluding hydrogens is 548 g/mol. The second kappa shape index (κ2) is 13.1. The van der Waals surface area contributed by atoms with Gasteiger partial charge in [0.25, 0.3) is 0 Å². The largest absolute Gasteiger partial charge is 0.496 e. The van der Waals surface area contributed by atoms with Gasteiger partial charge in [0.2, 0.25) is 11.8 Å². The number of methoxy groups -OCH3 is 1. The molecule has 7 heteroatoms. The standard InChI is InChI=1S/C37H46N4O3/c1-24(2)27-16-17-32(44-3)28(21-27)22-39-34-29-18-20-40(23-30(29)37(43)41-19-10-15-31(41)36(38)42)35(34)33(25-11-6-4-7-12-25)26-13-8-5-9-14-26/h4-9,11-14,16-17,21,24,29-31,33-35,39H,10,15,18-20,22-23H2,1-3H3,(H2,38,42). The molecule has 4 aliphatic rings. The molecule has 2 bridgehead atoms. The van der Waals surface area contributed by atoms with Crippen molar-refractivity contribution in [3.05, 3.63) is 101 Å². The Morgan fingerprint density at radius 1 is 0.932 bits per heavy atom. The van der Waals surface area contributed by atoms with E-state index in [9.17, 15) is 9.59 Å². The second-order valence-electron chi connectivity index (χ2n) is 13.1. The Bertz CT molecular complexity index is 1410. The van der Waals surface area contributed by atoms with Gasteiger partial charge in [-0.25, -0.2) is 0 Å². The normalized spacial score (nSPS) is 26.3. The summed E-state index contributed by atoms with van der Waals surface area (Å²) in [5.41, 5.74) is 10.7. The molecule has 7 nitrogen and oxygen atoms in total. The number of rotatable bonds is 10. The van der Waals surface area contributed by atoms with Crippen molar-refractivity contribution in [2.75, 3.05) is 26.7 Å². The maximum absolute atomic E-state index is 14.2. The number of nitrogens with zero attached hydrogens (tertiary/aromatic N) is 2. The van der Waals surface area contributed by atoms with Gasteiger partial charge in [-0.3, -0.25) is 14.5 Å². The molecule has 2 amide bonds. The minimum absolute atomic E-state index is 0.0407. The zero-order chi connectivity index (χ0) is 30.8. The smallest absolute Gasteiger partial charge is 0.240 e. The first-order valence-electron chi connectivity index (χ1n) is 16.2. The van der Waals surface area contributed by atoms with Crippen LogP contribution in [0.2, 0.25) is 0 Å². The van der Waals surface area contributed by atoms with Crippen LogP contribution in [0.25, 0.3) is 0 Å². The number of fused-ring (bicyclic) bond motifs is 3. The highest BCUT2D eigenvalue weighted by molar-refractivity contribution is 5.88. The molecule has 4 saturated heterocycles. The van der Waals surface area contributed by atoms with E-state index in [1.165, 1.54) is 16.7 Å². The highest BCUT2D eigenvalue weighted by Crippen LogP contribution is 2.45. The summed E-state index contributed by atoms with van der Waals surface area (Å²) >= 11 is 0. The zero-order valence-electron chi connectivity index (χ0n) is 26.2. The Balaban J connectivity index is 1.39. The average Bonchev–Trinajstić information content (AvgIpc) is 3.56. The summed E-state index contributed by atoms with van der Waals surface area (Å²) < 4.78 is 5.80. The van der Waals surface area contributed by atoms with E-state index in [1.54, 1.807) is 12.0 Å². The molecule has 0 radical (unpaired) electrons. The van der Waals surface area contributed by atoms with Gasteiger partial charge in [-0.15, -0.1) is 0 Å². The summed E-state index contributed by atoms with van der Waals surface area (Å²) in [5.74, 6) is 1.04. The number of carbonyl (C=O) groups is 2. The number of nitrogens with two attached hydrogens (primary N) is 1. The number of hydrogen-bond donors (Lipinski definition) is 2. The minimum Gasteiger partial charge on any atom is -0.496 e. The van der Waals surface area contributed by atoms with Crippen molar-refractivity contribution >= 4 is 11.8 Å². The first-order valence-corrected chi connectivity index (χ1v) is 16.2. The molecule has 3 aromatic rings. The third-order valence-corrected chi connectivity index (χ3v) is 10.3. The molecule has 44 heavy (non-hydrogen) atoms. The van der Waals surface area contributed by atoms with E-state index >= 15 is 0 Å². The van der Waals surface area contributed by atoms with Crippen LogP contribution in [0, 0.1) is 11.8 Å². The van der Waals surface area contributed by atoms with Crippen LogP contribution < -0.4 is 15.8 Å². The van der Waals surface area contributed by atoms with Gasteiger partial charge in [0.05, 0.1) is 13.0 Å². The van der Waals surface area contributed by atoms with Crippen LogP contribution >= 0.6 is 0 Å². The number of benzene rings is 3. The molecule has 3 aromatic carbocycles. The number of primary amides is 1. The fraction of sp³-hybridized carbons (Fsp3) is 0.459. The molecule has 232 valence electrons. The summed E-state index contributed by atoms with van der Waals surface area (Å²) in [6.45, 7) is 7.30. The Kier molecular flexibility index (Phi) is 9.06. The number of hydrogen-bond acceptors (Lipinski definition) is 5.